The number of thiophene rings is 1. The maximum atomic E-state index is 2.61. The van der Waals surface area contributed by atoms with E-state index in [1.54, 1.807) is 0 Å². The van der Waals surface area contributed by atoms with Crippen LogP contribution in [0.2, 0.25) is 0 Å². The van der Waals surface area contributed by atoms with E-state index in [-0.39, 0.29) is 0 Å². The maximum absolute atomic E-state index is 2.61. The highest BCUT2D eigenvalue weighted by molar-refractivity contribution is 7.26. The number of anilines is 3. The molecule has 2 aliphatic rings. The van der Waals surface area contributed by atoms with E-state index >= 15 is 0 Å². The van der Waals surface area contributed by atoms with Gasteiger partial charge in [-0.1, -0.05) is 212 Å². The van der Waals surface area contributed by atoms with Crippen molar-refractivity contribution in [2.45, 2.75) is 5.41 Å². The van der Waals surface area contributed by atoms with Crippen LogP contribution in [0.3, 0.4) is 0 Å². The third-order valence-corrected chi connectivity index (χ3v) is 14.7. The molecule has 0 aliphatic heterocycles. The number of hydrogen-bond donors (Lipinski definition) is 0. The highest BCUT2D eigenvalue weighted by atomic mass is 32.1. The molecule has 2 heteroatoms. The van der Waals surface area contributed by atoms with Crippen molar-refractivity contribution in [3.05, 3.63) is 259 Å². The number of rotatable bonds is 6. The standard InChI is InChI=1S/C61H39NS/c1-3-20-40(21-4-1)42-24-7-8-28-47(42)58-43(41-22-5-2-6-23-41)30-17-36-54(58)62(56-38-18-31-48-46-27-12-16-39-57(46)63-60(48)56)55-37-19-35-53-59(55)49-29-11-15-34-52(49)61(53)50-32-13-9-25-44(50)45-26-10-14-33-51(45)61/h1-39H. The Labute approximate surface area is 371 Å². The van der Waals surface area contributed by atoms with Crippen LogP contribution in [-0.2, 0) is 5.41 Å². The molecule has 0 unspecified atom stereocenters. The number of nitrogens with zero attached hydrogens (tertiary/aromatic N) is 1. The molecule has 0 radical (unpaired) electrons. The van der Waals surface area contributed by atoms with Crippen molar-refractivity contribution in [2.75, 3.05) is 4.90 Å². The van der Waals surface area contributed by atoms with Crippen LogP contribution >= 0.6 is 11.3 Å². The van der Waals surface area contributed by atoms with E-state index < -0.39 is 5.41 Å². The molecule has 0 bridgehead atoms. The summed E-state index contributed by atoms with van der Waals surface area (Å²) in [7, 11) is 0. The summed E-state index contributed by atoms with van der Waals surface area (Å²) in [5, 5.41) is 2.56. The normalized spacial score (nSPS) is 12.9. The molecule has 0 amide bonds. The molecule has 11 aromatic rings. The third-order valence-electron chi connectivity index (χ3n) is 13.5. The topological polar surface area (TPSA) is 3.24 Å². The Balaban J connectivity index is 1.19. The fourth-order valence-electron chi connectivity index (χ4n) is 11.0. The van der Waals surface area contributed by atoms with E-state index in [4.69, 9.17) is 0 Å². The maximum Gasteiger partial charge on any atom is 0.0726 e. The van der Waals surface area contributed by atoms with Crippen molar-refractivity contribution in [1.82, 2.24) is 0 Å². The van der Waals surface area contributed by atoms with E-state index in [2.05, 4.69) is 241 Å². The molecule has 0 saturated carbocycles. The summed E-state index contributed by atoms with van der Waals surface area (Å²) in [6.45, 7) is 0. The SMILES string of the molecule is c1ccc(-c2ccccc2-c2c(-c3ccccc3)cccc2N(c2cccc3c2-c2ccccc2C32c3ccccc3-c3ccccc32)c2cccc3c2sc2ccccc23)cc1. The zero-order chi connectivity index (χ0) is 41.5. The van der Waals surface area contributed by atoms with E-state index in [0.29, 0.717) is 0 Å². The van der Waals surface area contributed by atoms with Crippen LogP contribution in [0.4, 0.5) is 17.1 Å². The predicted octanol–water partition coefficient (Wildman–Crippen LogP) is 16.9. The van der Waals surface area contributed by atoms with Gasteiger partial charge >= 0.3 is 0 Å². The van der Waals surface area contributed by atoms with Crippen molar-refractivity contribution in [1.29, 1.82) is 0 Å². The van der Waals surface area contributed by atoms with Crippen LogP contribution in [0.15, 0.2) is 237 Å². The minimum atomic E-state index is -0.473. The van der Waals surface area contributed by atoms with E-state index in [1.165, 1.54) is 98.1 Å². The van der Waals surface area contributed by atoms with Crippen LogP contribution < -0.4 is 4.90 Å². The second kappa shape index (κ2) is 14.1. The van der Waals surface area contributed by atoms with Gasteiger partial charge < -0.3 is 4.90 Å². The van der Waals surface area contributed by atoms with Gasteiger partial charge in [-0.15, -0.1) is 11.3 Å². The van der Waals surface area contributed by atoms with Crippen molar-refractivity contribution in [3.8, 4) is 55.6 Å². The lowest BCUT2D eigenvalue weighted by Gasteiger charge is -2.33. The first-order valence-corrected chi connectivity index (χ1v) is 22.6. The molecule has 0 saturated heterocycles. The van der Waals surface area contributed by atoms with Crippen LogP contribution in [0.25, 0.3) is 75.8 Å². The van der Waals surface area contributed by atoms with Crippen molar-refractivity contribution in [3.63, 3.8) is 0 Å². The Morgan fingerprint density at radius 3 is 1.43 bits per heavy atom. The van der Waals surface area contributed by atoms with Crippen molar-refractivity contribution in [2.24, 2.45) is 0 Å². The second-order valence-corrected chi connectivity index (χ2v) is 17.7. The molecule has 0 fully saturated rings. The molecule has 10 aromatic carbocycles. The van der Waals surface area contributed by atoms with Gasteiger partial charge in [0.1, 0.15) is 0 Å². The van der Waals surface area contributed by atoms with Gasteiger partial charge in [0.05, 0.1) is 27.2 Å². The summed E-state index contributed by atoms with van der Waals surface area (Å²) >= 11 is 1.89. The van der Waals surface area contributed by atoms with Gasteiger partial charge in [-0.05, 0) is 91.0 Å². The third kappa shape index (κ3) is 5.16. The molecule has 63 heavy (non-hydrogen) atoms. The lowest BCUT2D eigenvalue weighted by molar-refractivity contribution is 0.794. The summed E-state index contributed by atoms with van der Waals surface area (Å²) in [5.74, 6) is 0. The van der Waals surface area contributed by atoms with Crippen LogP contribution in [-0.4, -0.2) is 0 Å². The summed E-state index contributed by atoms with van der Waals surface area (Å²) < 4.78 is 2.55. The van der Waals surface area contributed by atoms with E-state index in [0.717, 1.165) is 17.1 Å². The van der Waals surface area contributed by atoms with Gasteiger partial charge in [-0.3, -0.25) is 0 Å². The second-order valence-electron chi connectivity index (χ2n) is 16.7. The summed E-state index contributed by atoms with van der Waals surface area (Å²) in [4.78, 5) is 2.61. The monoisotopic (exact) mass is 817 g/mol. The summed E-state index contributed by atoms with van der Waals surface area (Å²) in [6, 6.07) is 87.9. The zero-order valence-electron chi connectivity index (χ0n) is 34.4. The first-order chi connectivity index (χ1) is 31.3. The zero-order valence-corrected chi connectivity index (χ0v) is 35.2. The van der Waals surface area contributed by atoms with Gasteiger partial charge in [-0.2, -0.15) is 0 Å². The first kappa shape index (κ1) is 35.9. The van der Waals surface area contributed by atoms with E-state index in [9.17, 15) is 0 Å². The Morgan fingerprint density at radius 2 is 0.730 bits per heavy atom. The van der Waals surface area contributed by atoms with Gasteiger partial charge in [0.15, 0.2) is 0 Å². The number of benzene rings is 10. The lowest BCUT2D eigenvalue weighted by atomic mass is 9.70. The average molecular weight is 818 g/mol. The van der Waals surface area contributed by atoms with Crippen LogP contribution in [0, 0.1) is 0 Å². The molecule has 0 atom stereocenters. The molecule has 2 aliphatic carbocycles. The average Bonchev–Trinajstić information content (AvgIpc) is 4.00. The number of hydrogen-bond acceptors (Lipinski definition) is 2. The van der Waals surface area contributed by atoms with Crippen LogP contribution in [0.5, 0.6) is 0 Å². The molecular formula is C61H39NS. The molecule has 1 spiro atoms. The van der Waals surface area contributed by atoms with Gasteiger partial charge in [0.25, 0.3) is 0 Å². The molecule has 13 rings (SSSR count). The predicted molar refractivity (Wildman–Crippen MR) is 267 cm³/mol. The quantitative estimate of drug-likeness (QED) is 0.162. The lowest BCUT2D eigenvalue weighted by Crippen LogP contribution is -2.26. The Hall–Kier alpha value is -7.78. The fourth-order valence-corrected chi connectivity index (χ4v) is 12.3. The Bertz CT molecular complexity index is 3540. The highest BCUT2D eigenvalue weighted by Crippen LogP contribution is 2.65. The largest absolute Gasteiger partial charge is 0.308 e. The number of fused-ring (bicyclic) bond motifs is 13. The molecule has 1 aromatic heterocycles. The Morgan fingerprint density at radius 1 is 0.286 bits per heavy atom. The fraction of sp³-hybridized carbons (Fsp3) is 0.0164. The molecule has 1 nitrogen and oxygen atoms in total. The highest BCUT2D eigenvalue weighted by Gasteiger charge is 2.52. The molecule has 1 heterocycles. The molecule has 294 valence electrons. The van der Waals surface area contributed by atoms with E-state index in [1.807, 2.05) is 11.3 Å². The van der Waals surface area contributed by atoms with Crippen LogP contribution in [0.1, 0.15) is 22.3 Å². The Kier molecular flexibility index (Phi) is 8.06. The van der Waals surface area contributed by atoms with Crippen molar-refractivity contribution < 1.29 is 0 Å². The van der Waals surface area contributed by atoms with Gasteiger partial charge in [0, 0.05) is 26.6 Å². The minimum absolute atomic E-state index is 0.473. The smallest absolute Gasteiger partial charge is 0.0726 e. The molecular weight excluding hydrogens is 779 g/mol. The summed E-state index contributed by atoms with van der Waals surface area (Å²) in [6.07, 6.45) is 0. The van der Waals surface area contributed by atoms with Crippen molar-refractivity contribution >= 4 is 48.6 Å². The summed E-state index contributed by atoms with van der Waals surface area (Å²) in [5.41, 5.74) is 20.6. The first-order valence-electron chi connectivity index (χ1n) is 21.8. The minimum Gasteiger partial charge on any atom is -0.308 e. The van der Waals surface area contributed by atoms with Gasteiger partial charge in [0.2, 0.25) is 0 Å². The van der Waals surface area contributed by atoms with Gasteiger partial charge in [-0.25, -0.2) is 0 Å². The molecule has 0 N–H and O–H groups in total.